The fraction of sp³-hybridized carbons (Fsp3) is 0.278. The van der Waals surface area contributed by atoms with Crippen LogP contribution < -0.4 is 0 Å². The quantitative estimate of drug-likeness (QED) is 0.732. The van der Waals surface area contributed by atoms with E-state index in [0.29, 0.717) is 11.6 Å². The number of carbonyl (C=O) groups excluding carboxylic acids is 1. The zero-order chi connectivity index (χ0) is 16.5. The Labute approximate surface area is 144 Å². The zero-order valence-corrected chi connectivity index (χ0v) is 14.2. The number of benzene rings is 1. The van der Waals surface area contributed by atoms with E-state index < -0.39 is 0 Å². The predicted molar refractivity (Wildman–Crippen MR) is 94.4 cm³/mol. The van der Waals surface area contributed by atoms with Gasteiger partial charge in [-0.3, -0.25) is 4.79 Å². The third-order valence-corrected chi connectivity index (χ3v) is 5.29. The van der Waals surface area contributed by atoms with Gasteiger partial charge in [0.05, 0.1) is 11.9 Å². The molecule has 122 valence electrons. The van der Waals surface area contributed by atoms with Gasteiger partial charge < -0.3 is 4.90 Å². The van der Waals surface area contributed by atoms with Crippen LogP contribution in [0.4, 0.5) is 0 Å². The Morgan fingerprint density at radius 2 is 2.08 bits per heavy atom. The smallest absolute Gasteiger partial charge is 0.273 e. The van der Waals surface area contributed by atoms with Gasteiger partial charge in [0.1, 0.15) is 10.7 Å². The van der Waals surface area contributed by atoms with Gasteiger partial charge in [-0.1, -0.05) is 25.1 Å². The second kappa shape index (κ2) is 6.20. The van der Waals surface area contributed by atoms with Crippen LogP contribution in [0.2, 0.25) is 0 Å². The Balaban J connectivity index is 1.51. The summed E-state index contributed by atoms with van der Waals surface area (Å²) < 4.78 is 1.82. The summed E-state index contributed by atoms with van der Waals surface area (Å²) in [5.74, 6) is 0.689. The van der Waals surface area contributed by atoms with Crippen LogP contribution in [-0.2, 0) is 0 Å². The lowest BCUT2D eigenvalue weighted by atomic mass is 9.97. The fourth-order valence-electron chi connectivity index (χ4n) is 2.82. The number of likely N-dealkylation sites (tertiary alicyclic amines) is 1. The summed E-state index contributed by atoms with van der Waals surface area (Å²) >= 11 is 1.49. The molecule has 2 aromatic heterocycles. The van der Waals surface area contributed by atoms with E-state index >= 15 is 0 Å². The number of thiazole rings is 1. The van der Waals surface area contributed by atoms with Crippen LogP contribution in [0.25, 0.3) is 16.3 Å². The van der Waals surface area contributed by atoms with E-state index in [1.165, 1.54) is 11.3 Å². The summed E-state index contributed by atoms with van der Waals surface area (Å²) in [5.41, 5.74) is 2.47. The van der Waals surface area contributed by atoms with E-state index in [4.69, 9.17) is 0 Å². The molecule has 0 N–H and O–H groups in total. The highest BCUT2D eigenvalue weighted by molar-refractivity contribution is 7.13. The van der Waals surface area contributed by atoms with Crippen LogP contribution in [-0.4, -0.2) is 38.7 Å². The maximum absolute atomic E-state index is 12.4. The average molecular weight is 338 g/mol. The Morgan fingerprint density at radius 3 is 2.83 bits per heavy atom. The first-order chi connectivity index (χ1) is 11.7. The molecule has 4 rings (SSSR count). The van der Waals surface area contributed by atoms with Gasteiger partial charge in [0.15, 0.2) is 0 Å². The molecule has 1 amide bonds. The van der Waals surface area contributed by atoms with Crippen molar-refractivity contribution >= 4 is 17.2 Å². The molecule has 24 heavy (non-hydrogen) atoms. The van der Waals surface area contributed by atoms with Crippen LogP contribution in [0.15, 0.2) is 48.1 Å². The number of hydrogen-bond acceptors (Lipinski definition) is 4. The minimum atomic E-state index is 0.0395. The zero-order valence-electron chi connectivity index (χ0n) is 13.4. The molecular formula is C18H18N4OS. The Hall–Kier alpha value is -2.47. The van der Waals surface area contributed by atoms with Gasteiger partial charge in [-0.25, -0.2) is 9.67 Å². The molecule has 0 saturated carbocycles. The third-order valence-electron chi connectivity index (χ3n) is 4.40. The van der Waals surface area contributed by atoms with E-state index in [1.54, 1.807) is 6.20 Å². The highest BCUT2D eigenvalue weighted by atomic mass is 32.1. The lowest BCUT2D eigenvalue weighted by molar-refractivity contribution is 0.0489. The summed E-state index contributed by atoms with van der Waals surface area (Å²) in [6, 6.07) is 9.94. The first kappa shape index (κ1) is 15.1. The van der Waals surface area contributed by atoms with Crippen molar-refractivity contribution in [3.63, 3.8) is 0 Å². The van der Waals surface area contributed by atoms with E-state index in [1.807, 2.05) is 51.5 Å². The summed E-state index contributed by atoms with van der Waals surface area (Å²) in [5, 5.41) is 7.06. The molecule has 0 radical (unpaired) electrons. The first-order valence-electron chi connectivity index (χ1n) is 8.10. The number of rotatable bonds is 4. The highest BCUT2D eigenvalue weighted by Gasteiger charge is 2.31. The molecule has 1 fully saturated rings. The van der Waals surface area contributed by atoms with E-state index in [-0.39, 0.29) is 5.91 Å². The number of hydrogen-bond donors (Lipinski definition) is 0. The minimum Gasteiger partial charge on any atom is -0.337 e. The van der Waals surface area contributed by atoms with Crippen molar-refractivity contribution in [2.24, 2.45) is 5.92 Å². The molecule has 6 heteroatoms. The fourth-order valence-corrected chi connectivity index (χ4v) is 3.58. The maximum atomic E-state index is 12.4. The average Bonchev–Trinajstić information content (AvgIpc) is 3.24. The van der Waals surface area contributed by atoms with Gasteiger partial charge in [-0.15, -0.1) is 11.3 Å². The predicted octanol–water partition coefficient (Wildman–Crippen LogP) is 3.48. The van der Waals surface area contributed by atoms with Crippen molar-refractivity contribution in [1.29, 1.82) is 0 Å². The van der Waals surface area contributed by atoms with Gasteiger partial charge in [-0.2, -0.15) is 5.10 Å². The third kappa shape index (κ3) is 2.73. The second-order valence-corrected chi connectivity index (χ2v) is 6.89. The van der Waals surface area contributed by atoms with Crippen LogP contribution in [0.3, 0.4) is 0 Å². The van der Waals surface area contributed by atoms with Crippen molar-refractivity contribution in [1.82, 2.24) is 19.7 Å². The summed E-state index contributed by atoms with van der Waals surface area (Å²) in [6.45, 7) is 3.88. The normalized spacial score (nSPS) is 14.6. The summed E-state index contributed by atoms with van der Waals surface area (Å²) in [6.07, 6.45) is 4.86. The molecule has 1 aromatic carbocycles. The van der Waals surface area contributed by atoms with Crippen LogP contribution in [0.1, 0.15) is 23.8 Å². The summed E-state index contributed by atoms with van der Waals surface area (Å²) in [7, 11) is 0. The number of amides is 1. The molecule has 1 aliphatic heterocycles. The van der Waals surface area contributed by atoms with E-state index in [2.05, 4.69) is 17.0 Å². The van der Waals surface area contributed by atoms with Crippen molar-refractivity contribution in [3.8, 4) is 16.3 Å². The number of nitrogens with zero attached hydrogens (tertiary/aromatic N) is 4. The lowest BCUT2D eigenvalue weighted by Crippen LogP contribution is -2.49. The molecular weight excluding hydrogens is 320 g/mol. The molecule has 0 aliphatic carbocycles. The van der Waals surface area contributed by atoms with Crippen molar-refractivity contribution in [3.05, 3.63) is 53.8 Å². The minimum absolute atomic E-state index is 0.0395. The Morgan fingerprint density at radius 1 is 1.29 bits per heavy atom. The second-order valence-electron chi connectivity index (χ2n) is 6.03. The standard InChI is InChI=1S/C18H18N4OS/c1-2-13-9-21(10-13)18(23)16-12-24-17(20-16)14-8-19-22(11-14)15-6-4-3-5-7-15/h3-8,11-13H,2,9-10H2,1H3. The van der Waals surface area contributed by atoms with Crippen molar-refractivity contribution in [2.75, 3.05) is 13.1 Å². The van der Waals surface area contributed by atoms with E-state index in [0.717, 1.165) is 35.8 Å². The van der Waals surface area contributed by atoms with E-state index in [9.17, 15) is 4.79 Å². The number of aromatic nitrogens is 3. The van der Waals surface area contributed by atoms with Crippen molar-refractivity contribution < 1.29 is 4.79 Å². The molecule has 5 nitrogen and oxygen atoms in total. The maximum Gasteiger partial charge on any atom is 0.273 e. The van der Waals surface area contributed by atoms with Gasteiger partial charge in [0.25, 0.3) is 5.91 Å². The molecule has 3 aromatic rings. The van der Waals surface area contributed by atoms with Crippen LogP contribution in [0.5, 0.6) is 0 Å². The highest BCUT2D eigenvalue weighted by Crippen LogP contribution is 2.26. The monoisotopic (exact) mass is 338 g/mol. The van der Waals surface area contributed by atoms with Crippen LogP contribution >= 0.6 is 11.3 Å². The molecule has 0 atom stereocenters. The molecule has 0 unspecified atom stereocenters. The van der Waals surface area contributed by atoms with Crippen molar-refractivity contribution in [2.45, 2.75) is 13.3 Å². The number of carbonyl (C=O) groups is 1. The molecule has 0 bridgehead atoms. The Kier molecular flexibility index (Phi) is 3.90. The largest absolute Gasteiger partial charge is 0.337 e. The first-order valence-corrected chi connectivity index (χ1v) is 8.98. The van der Waals surface area contributed by atoms with Crippen LogP contribution in [0, 0.1) is 5.92 Å². The topological polar surface area (TPSA) is 51.0 Å². The summed E-state index contributed by atoms with van der Waals surface area (Å²) in [4.78, 5) is 18.8. The molecule has 1 aliphatic rings. The van der Waals surface area contributed by atoms with Gasteiger partial charge in [-0.05, 0) is 24.5 Å². The van der Waals surface area contributed by atoms with Gasteiger partial charge in [0.2, 0.25) is 0 Å². The lowest BCUT2D eigenvalue weighted by Gasteiger charge is -2.38. The van der Waals surface area contributed by atoms with Gasteiger partial charge in [0, 0.05) is 30.2 Å². The number of para-hydroxylation sites is 1. The molecule has 1 saturated heterocycles. The SMILES string of the molecule is CCC1CN(C(=O)c2csc(-c3cnn(-c4ccccc4)c3)n2)C1. The molecule has 3 heterocycles. The molecule has 0 spiro atoms. The Bertz CT molecular complexity index is 849. The van der Waals surface area contributed by atoms with Gasteiger partial charge >= 0.3 is 0 Å².